The van der Waals surface area contributed by atoms with E-state index >= 15 is 0 Å². The van der Waals surface area contributed by atoms with Crippen LogP contribution in [0.4, 0.5) is 0 Å². The molecule has 1 atom stereocenters. The first-order valence-corrected chi connectivity index (χ1v) is 6.96. The third-order valence-electron chi connectivity index (χ3n) is 2.97. The maximum absolute atomic E-state index is 2.30. The minimum atomic E-state index is 0.772. The van der Waals surface area contributed by atoms with Crippen molar-refractivity contribution in [2.45, 2.75) is 48.0 Å². The van der Waals surface area contributed by atoms with Gasteiger partial charge in [-0.25, -0.2) is 0 Å². The Bertz CT molecular complexity index is 368. The SMILES string of the molecule is CC.CC1=CCC(C)C(C)=C1.Cc1ccccc1. The first kappa shape index (κ1) is 16.7. The van der Waals surface area contributed by atoms with Crippen molar-refractivity contribution in [3.8, 4) is 0 Å². The Labute approximate surface area is 113 Å². The Morgan fingerprint density at radius 2 is 1.50 bits per heavy atom. The molecule has 0 N–H and O–H groups in total. The van der Waals surface area contributed by atoms with Crippen molar-refractivity contribution in [3.63, 3.8) is 0 Å². The van der Waals surface area contributed by atoms with E-state index in [2.05, 4.69) is 52.0 Å². The molecule has 100 valence electrons. The van der Waals surface area contributed by atoms with E-state index in [1.165, 1.54) is 23.1 Å². The fourth-order valence-electron chi connectivity index (χ4n) is 1.64. The number of hydrogen-bond acceptors (Lipinski definition) is 0. The van der Waals surface area contributed by atoms with Crippen LogP contribution in [0.2, 0.25) is 0 Å². The second kappa shape index (κ2) is 9.70. The molecule has 0 amide bonds. The van der Waals surface area contributed by atoms with Crippen LogP contribution in [0.15, 0.2) is 53.6 Å². The van der Waals surface area contributed by atoms with Gasteiger partial charge in [0.05, 0.1) is 0 Å². The first-order chi connectivity index (χ1) is 8.59. The van der Waals surface area contributed by atoms with Gasteiger partial charge in [-0.15, -0.1) is 0 Å². The molecule has 0 saturated carbocycles. The molecule has 0 radical (unpaired) electrons. The van der Waals surface area contributed by atoms with Gasteiger partial charge in [-0.2, -0.15) is 0 Å². The summed E-state index contributed by atoms with van der Waals surface area (Å²) in [5.74, 6) is 0.772. The van der Waals surface area contributed by atoms with Gasteiger partial charge in [0, 0.05) is 0 Å². The number of rotatable bonds is 0. The van der Waals surface area contributed by atoms with E-state index in [9.17, 15) is 0 Å². The quantitative estimate of drug-likeness (QED) is 0.530. The highest BCUT2D eigenvalue weighted by molar-refractivity contribution is 5.26. The van der Waals surface area contributed by atoms with E-state index in [1.807, 2.05) is 32.0 Å². The number of allylic oxidation sites excluding steroid dienone is 4. The van der Waals surface area contributed by atoms with Crippen LogP contribution in [-0.2, 0) is 0 Å². The molecule has 18 heavy (non-hydrogen) atoms. The monoisotopic (exact) mass is 244 g/mol. The summed E-state index contributed by atoms with van der Waals surface area (Å²) in [6, 6.07) is 10.3. The lowest BCUT2D eigenvalue weighted by Gasteiger charge is -2.14. The highest BCUT2D eigenvalue weighted by atomic mass is 14.1. The predicted molar refractivity (Wildman–Crippen MR) is 83.8 cm³/mol. The fourth-order valence-corrected chi connectivity index (χ4v) is 1.64. The maximum atomic E-state index is 2.30. The van der Waals surface area contributed by atoms with Gasteiger partial charge in [-0.05, 0) is 33.1 Å². The zero-order chi connectivity index (χ0) is 14.0. The highest BCUT2D eigenvalue weighted by Crippen LogP contribution is 2.21. The van der Waals surface area contributed by atoms with Crippen molar-refractivity contribution < 1.29 is 0 Å². The van der Waals surface area contributed by atoms with Gasteiger partial charge < -0.3 is 0 Å². The first-order valence-electron chi connectivity index (χ1n) is 6.96. The van der Waals surface area contributed by atoms with Crippen LogP contribution in [0, 0.1) is 12.8 Å². The Morgan fingerprint density at radius 1 is 0.944 bits per heavy atom. The van der Waals surface area contributed by atoms with Gasteiger partial charge in [0.1, 0.15) is 0 Å². The standard InChI is InChI=1S/C9H14.C7H8.C2H6/c1-7-4-5-8(2)9(3)6-7;1-7-5-3-2-4-6-7;1-2/h4,6,8H,5H2,1-3H3;2-6H,1H3;1-2H3. The van der Waals surface area contributed by atoms with E-state index in [0.29, 0.717) is 0 Å². The van der Waals surface area contributed by atoms with Gasteiger partial charge in [-0.3, -0.25) is 0 Å². The fraction of sp³-hybridized carbons (Fsp3) is 0.444. The number of benzene rings is 1. The Balaban J connectivity index is 0.000000289. The number of hydrogen-bond donors (Lipinski definition) is 0. The second-order valence-corrected chi connectivity index (χ2v) is 4.63. The van der Waals surface area contributed by atoms with Crippen LogP contribution in [0.1, 0.15) is 46.6 Å². The van der Waals surface area contributed by atoms with Crippen molar-refractivity contribution in [3.05, 3.63) is 59.2 Å². The Morgan fingerprint density at radius 3 is 1.83 bits per heavy atom. The average molecular weight is 244 g/mol. The lowest BCUT2D eigenvalue weighted by Crippen LogP contribution is -1.99. The minimum Gasteiger partial charge on any atom is -0.0810 e. The summed E-state index contributed by atoms with van der Waals surface area (Å²) in [7, 11) is 0. The van der Waals surface area contributed by atoms with E-state index in [1.54, 1.807) is 0 Å². The summed E-state index contributed by atoms with van der Waals surface area (Å²) >= 11 is 0. The second-order valence-electron chi connectivity index (χ2n) is 4.63. The highest BCUT2D eigenvalue weighted by Gasteiger charge is 2.05. The van der Waals surface area contributed by atoms with E-state index in [4.69, 9.17) is 0 Å². The molecule has 2 rings (SSSR count). The summed E-state index contributed by atoms with van der Waals surface area (Å²) in [6.07, 6.45) is 5.81. The molecule has 1 unspecified atom stereocenters. The van der Waals surface area contributed by atoms with Crippen LogP contribution in [0.5, 0.6) is 0 Å². The molecule has 1 aromatic carbocycles. The Kier molecular flexibility index (Phi) is 9.00. The Hall–Kier alpha value is -1.30. The van der Waals surface area contributed by atoms with Gasteiger partial charge in [-0.1, -0.05) is 80.0 Å². The van der Waals surface area contributed by atoms with Gasteiger partial charge in [0.25, 0.3) is 0 Å². The van der Waals surface area contributed by atoms with Crippen molar-refractivity contribution in [1.29, 1.82) is 0 Å². The molecule has 1 aromatic rings. The molecule has 0 nitrogen and oxygen atoms in total. The summed E-state index contributed by atoms with van der Waals surface area (Å²) in [6.45, 7) is 12.7. The molecule has 0 aliphatic heterocycles. The van der Waals surface area contributed by atoms with Crippen molar-refractivity contribution in [2.24, 2.45) is 5.92 Å². The summed E-state index contributed by atoms with van der Waals surface area (Å²) in [4.78, 5) is 0. The molecule has 0 heteroatoms. The molecule has 0 fully saturated rings. The third-order valence-corrected chi connectivity index (χ3v) is 2.97. The third kappa shape index (κ3) is 7.11. The van der Waals surface area contributed by atoms with Crippen LogP contribution in [-0.4, -0.2) is 0 Å². The van der Waals surface area contributed by atoms with E-state index in [-0.39, 0.29) is 0 Å². The van der Waals surface area contributed by atoms with Gasteiger partial charge >= 0.3 is 0 Å². The summed E-state index contributed by atoms with van der Waals surface area (Å²) in [5, 5.41) is 0. The average Bonchev–Trinajstić information content (AvgIpc) is 2.38. The normalized spacial score (nSPS) is 17.3. The molecule has 1 aliphatic carbocycles. The minimum absolute atomic E-state index is 0.772. The number of aryl methyl sites for hydroxylation is 1. The zero-order valence-corrected chi connectivity index (χ0v) is 12.8. The maximum Gasteiger partial charge on any atom is -0.0196 e. The van der Waals surface area contributed by atoms with E-state index < -0.39 is 0 Å². The molecule has 0 bridgehead atoms. The van der Waals surface area contributed by atoms with E-state index in [0.717, 1.165) is 5.92 Å². The zero-order valence-electron chi connectivity index (χ0n) is 12.8. The molecule has 0 spiro atoms. The molecule has 0 aromatic heterocycles. The largest absolute Gasteiger partial charge is 0.0810 e. The van der Waals surface area contributed by atoms with Crippen LogP contribution < -0.4 is 0 Å². The molecular formula is C18H28. The smallest absolute Gasteiger partial charge is 0.0196 e. The van der Waals surface area contributed by atoms with Crippen molar-refractivity contribution in [1.82, 2.24) is 0 Å². The van der Waals surface area contributed by atoms with Crippen molar-refractivity contribution >= 4 is 0 Å². The topological polar surface area (TPSA) is 0 Å². The molecule has 0 heterocycles. The van der Waals surface area contributed by atoms with Crippen molar-refractivity contribution in [2.75, 3.05) is 0 Å². The lowest BCUT2D eigenvalue weighted by atomic mass is 9.92. The van der Waals surface area contributed by atoms with Crippen LogP contribution >= 0.6 is 0 Å². The molecular weight excluding hydrogens is 216 g/mol. The van der Waals surface area contributed by atoms with Crippen LogP contribution in [0.3, 0.4) is 0 Å². The molecule has 0 saturated heterocycles. The lowest BCUT2D eigenvalue weighted by molar-refractivity contribution is 0.681. The summed E-state index contributed by atoms with van der Waals surface area (Å²) in [5.41, 5.74) is 4.27. The predicted octanol–water partition coefficient (Wildman–Crippen LogP) is 5.94. The molecule has 1 aliphatic rings. The van der Waals surface area contributed by atoms with Gasteiger partial charge in [0.2, 0.25) is 0 Å². The van der Waals surface area contributed by atoms with Gasteiger partial charge in [0.15, 0.2) is 0 Å². The summed E-state index contributed by atoms with van der Waals surface area (Å²) < 4.78 is 0. The van der Waals surface area contributed by atoms with Crippen LogP contribution in [0.25, 0.3) is 0 Å².